The summed E-state index contributed by atoms with van der Waals surface area (Å²) in [5, 5.41) is 9.52. The summed E-state index contributed by atoms with van der Waals surface area (Å²) in [6, 6.07) is 7.51. The van der Waals surface area contributed by atoms with Gasteiger partial charge in [-0.05, 0) is 42.8 Å². The Morgan fingerprint density at radius 2 is 1.94 bits per heavy atom. The minimum Gasteiger partial charge on any atom is -0.454 e. The zero-order valence-electron chi connectivity index (χ0n) is 17.2. The number of aromatic amines is 1. The first-order chi connectivity index (χ1) is 16.1. The Kier molecular flexibility index (Phi) is 4.93. The molecule has 0 atom stereocenters. The Labute approximate surface area is 192 Å². The number of hydrogen-bond acceptors (Lipinski definition) is 7. The number of H-pyrrole nitrogens is 1. The SMILES string of the molecule is Cc1cc(C(F)(F)F)nc2sc(C(N)=O)c(NC(=O)c3cc(-c4ccc5c(c4)OCO5)n[nH]3)c12. The lowest BCUT2D eigenvalue weighted by Crippen LogP contribution is -2.17. The molecule has 1 aromatic carbocycles. The Morgan fingerprint density at radius 3 is 2.68 bits per heavy atom. The maximum atomic E-state index is 13.2. The number of hydrogen-bond donors (Lipinski definition) is 3. The van der Waals surface area contributed by atoms with Crippen molar-refractivity contribution in [2.75, 3.05) is 12.1 Å². The minimum atomic E-state index is -4.67. The molecule has 0 aliphatic carbocycles. The van der Waals surface area contributed by atoms with Crippen LogP contribution >= 0.6 is 11.3 Å². The van der Waals surface area contributed by atoms with E-state index in [4.69, 9.17) is 15.2 Å². The minimum absolute atomic E-state index is 0.00421. The Balaban J connectivity index is 1.49. The van der Waals surface area contributed by atoms with Crippen LogP contribution in [0.4, 0.5) is 18.9 Å². The third-order valence-corrected chi connectivity index (χ3v) is 6.20. The van der Waals surface area contributed by atoms with Gasteiger partial charge in [-0.2, -0.15) is 18.3 Å². The van der Waals surface area contributed by atoms with Crippen molar-refractivity contribution in [1.29, 1.82) is 0 Å². The molecule has 34 heavy (non-hydrogen) atoms. The van der Waals surface area contributed by atoms with Crippen molar-refractivity contribution in [3.63, 3.8) is 0 Å². The summed E-state index contributed by atoms with van der Waals surface area (Å²) in [6.45, 7) is 1.54. The van der Waals surface area contributed by atoms with E-state index >= 15 is 0 Å². The van der Waals surface area contributed by atoms with Gasteiger partial charge >= 0.3 is 6.18 Å². The average Bonchev–Trinajstić information content (AvgIpc) is 3.50. The van der Waals surface area contributed by atoms with E-state index in [9.17, 15) is 22.8 Å². The molecule has 13 heteroatoms. The molecule has 1 aliphatic rings. The first-order valence-electron chi connectivity index (χ1n) is 9.69. The molecule has 0 bridgehead atoms. The second-order valence-corrected chi connectivity index (χ2v) is 8.36. The molecule has 9 nitrogen and oxygen atoms in total. The van der Waals surface area contributed by atoms with E-state index in [1.807, 2.05) is 0 Å². The van der Waals surface area contributed by atoms with E-state index in [-0.39, 0.29) is 38.8 Å². The number of halogens is 3. The highest BCUT2D eigenvalue weighted by molar-refractivity contribution is 7.21. The van der Waals surface area contributed by atoms with Crippen LogP contribution in [-0.4, -0.2) is 33.8 Å². The molecular formula is C21H14F3N5O4S. The van der Waals surface area contributed by atoms with Gasteiger partial charge in [-0.25, -0.2) is 4.98 Å². The lowest BCUT2D eigenvalue weighted by atomic mass is 10.1. The molecule has 0 fully saturated rings. The summed E-state index contributed by atoms with van der Waals surface area (Å²) in [7, 11) is 0. The number of primary amides is 1. The molecule has 174 valence electrons. The lowest BCUT2D eigenvalue weighted by Gasteiger charge is -2.09. The smallest absolute Gasteiger partial charge is 0.433 e. The number of rotatable bonds is 4. The van der Waals surface area contributed by atoms with E-state index in [2.05, 4.69) is 20.5 Å². The van der Waals surface area contributed by atoms with E-state index in [1.54, 1.807) is 18.2 Å². The van der Waals surface area contributed by atoms with E-state index in [1.165, 1.54) is 13.0 Å². The Hall–Kier alpha value is -4.13. The highest BCUT2D eigenvalue weighted by Crippen LogP contribution is 2.40. The molecule has 4 aromatic rings. The second kappa shape index (κ2) is 7.73. The van der Waals surface area contributed by atoms with Gasteiger partial charge in [0.05, 0.1) is 11.4 Å². The average molecular weight is 489 g/mol. The molecule has 0 saturated heterocycles. The first-order valence-corrected chi connectivity index (χ1v) is 10.5. The number of ether oxygens (including phenoxy) is 2. The maximum Gasteiger partial charge on any atom is 0.433 e. The van der Waals surface area contributed by atoms with Crippen LogP contribution in [-0.2, 0) is 6.18 Å². The molecule has 0 radical (unpaired) electrons. The number of carbonyl (C=O) groups excluding carboxylic acids is 2. The molecule has 3 aromatic heterocycles. The number of carbonyl (C=O) groups is 2. The van der Waals surface area contributed by atoms with E-state index < -0.39 is 23.7 Å². The van der Waals surface area contributed by atoms with Gasteiger partial charge in [0.2, 0.25) is 6.79 Å². The highest BCUT2D eigenvalue weighted by Gasteiger charge is 2.34. The number of fused-ring (bicyclic) bond motifs is 2. The summed E-state index contributed by atoms with van der Waals surface area (Å²) >= 11 is 0.675. The zero-order valence-corrected chi connectivity index (χ0v) is 18.1. The maximum absolute atomic E-state index is 13.2. The van der Waals surface area contributed by atoms with E-state index in [0.29, 0.717) is 34.1 Å². The number of nitrogens with zero attached hydrogens (tertiary/aromatic N) is 2. The van der Waals surface area contributed by atoms with Crippen molar-refractivity contribution in [1.82, 2.24) is 15.2 Å². The van der Waals surface area contributed by atoms with Gasteiger partial charge in [0.1, 0.15) is 21.1 Å². The zero-order chi connectivity index (χ0) is 24.2. The lowest BCUT2D eigenvalue weighted by molar-refractivity contribution is -0.141. The Bertz CT molecular complexity index is 1480. The van der Waals surface area contributed by atoms with Crippen molar-refractivity contribution >= 4 is 39.1 Å². The number of amides is 2. The van der Waals surface area contributed by atoms with Crippen LogP contribution in [0.2, 0.25) is 0 Å². The van der Waals surface area contributed by atoms with Gasteiger partial charge in [0.25, 0.3) is 11.8 Å². The van der Waals surface area contributed by atoms with Crippen LogP contribution in [0, 0.1) is 6.92 Å². The predicted octanol–water partition coefficient (Wildman–Crippen LogP) is 4.09. The van der Waals surface area contributed by atoms with Crippen LogP contribution in [0.25, 0.3) is 21.5 Å². The van der Waals surface area contributed by atoms with Gasteiger partial charge in [0, 0.05) is 10.9 Å². The topological polar surface area (TPSA) is 132 Å². The summed E-state index contributed by atoms with van der Waals surface area (Å²) in [4.78, 5) is 28.3. The summed E-state index contributed by atoms with van der Waals surface area (Å²) in [5.74, 6) is -0.431. The molecule has 2 amide bonds. The third-order valence-electron chi connectivity index (χ3n) is 5.10. The van der Waals surface area contributed by atoms with E-state index in [0.717, 1.165) is 6.07 Å². The standard InChI is InChI=1S/C21H14F3N5O4S/c1-8-4-14(21(22,23)24)26-20-15(8)16(17(34-20)18(25)30)27-19(31)11-6-10(28-29-11)9-2-3-12-13(5-9)33-7-32-12/h2-6H,7H2,1H3,(H2,25,30)(H,27,31)(H,28,29). The number of aromatic nitrogens is 3. The van der Waals surface area contributed by atoms with Crippen molar-refractivity contribution in [2.45, 2.75) is 13.1 Å². The fourth-order valence-corrected chi connectivity index (χ4v) is 4.60. The largest absolute Gasteiger partial charge is 0.454 e. The van der Waals surface area contributed by atoms with Crippen LogP contribution in [0.5, 0.6) is 11.5 Å². The van der Waals surface area contributed by atoms with Crippen LogP contribution in [0.15, 0.2) is 30.3 Å². The molecule has 0 unspecified atom stereocenters. The number of alkyl halides is 3. The monoisotopic (exact) mass is 489 g/mol. The first kappa shape index (κ1) is 21.7. The summed E-state index contributed by atoms with van der Waals surface area (Å²) in [5.41, 5.74) is 5.66. The van der Waals surface area contributed by atoms with Crippen LogP contribution < -0.4 is 20.5 Å². The Morgan fingerprint density at radius 1 is 1.18 bits per heavy atom. The fraction of sp³-hybridized carbons (Fsp3) is 0.143. The molecule has 4 N–H and O–H groups in total. The van der Waals surface area contributed by atoms with Gasteiger partial charge in [-0.3, -0.25) is 14.7 Å². The fourth-order valence-electron chi connectivity index (χ4n) is 3.54. The summed E-state index contributed by atoms with van der Waals surface area (Å²) in [6.07, 6.45) is -4.67. The van der Waals surface area contributed by atoms with Gasteiger partial charge in [-0.1, -0.05) is 0 Å². The molecule has 5 rings (SSSR count). The molecule has 4 heterocycles. The molecule has 0 spiro atoms. The number of pyridine rings is 1. The number of benzene rings is 1. The number of nitrogens with two attached hydrogens (primary N) is 1. The molecule has 0 saturated carbocycles. The van der Waals surface area contributed by atoms with Crippen LogP contribution in [0.1, 0.15) is 31.4 Å². The normalized spacial score (nSPS) is 12.8. The molecule has 1 aliphatic heterocycles. The van der Waals surface area contributed by atoms with Crippen molar-refractivity contribution < 1.29 is 32.2 Å². The molecular weight excluding hydrogens is 475 g/mol. The summed E-state index contributed by atoms with van der Waals surface area (Å²) < 4.78 is 50.1. The van der Waals surface area contributed by atoms with Crippen molar-refractivity contribution in [3.8, 4) is 22.8 Å². The van der Waals surface area contributed by atoms with Crippen LogP contribution in [0.3, 0.4) is 0 Å². The van der Waals surface area contributed by atoms with Crippen molar-refractivity contribution in [3.05, 3.63) is 52.2 Å². The number of thiophene rings is 1. The third kappa shape index (κ3) is 3.69. The second-order valence-electron chi connectivity index (χ2n) is 7.36. The highest BCUT2D eigenvalue weighted by atomic mass is 32.1. The van der Waals surface area contributed by atoms with Crippen molar-refractivity contribution in [2.24, 2.45) is 5.73 Å². The number of anilines is 1. The van der Waals surface area contributed by atoms with Gasteiger partial charge < -0.3 is 20.5 Å². The number of aryl methyl sites for hydroxylation is 1. The van der Waals surface area contributed by atoms with Gasteiger partial charge in [-0.15, -0.1) is 11.3 Å². The number of nitrogens with one attached hydrogen (secondary N) is 2. The van der Waals surface area contributed by atoms with Gasteiger partial charge in [0.15, 0.2) is 11.5 Å². The quantitative estimate of drug-likeness (QED) is 0.396. The predicted molar refractivity (Wildman–Crippen MR) is 116 cm³/mol.